The highest BCUT2D eigenvalue weighted by Crippen LogP contribution is 2.24. The van der Waals surface area contributed by atoms with Crippen LogP contribution in [0.1, 0.15) is 29.8 Å². The molecule has 0 atom stereocenters. The van der Waals surface area contributed by atoms with Crippen molar-refractivity contribution in [1.29, 1.82) is 0 Å². The zero-order valence-electron chi connectivity index (χ0n) is 14.9. The predicted octanol–water partition coefficient (Wildman–Crippen LogP) is 3.64. The molecule has 2 aromatic rings. The third-order valence-electron chi connectivity index (χ3n) is 3.49. The van der Waals surface area contributed by atoms with Crippen LogP contribution in [0.2, 0.25) is 0 Å². The Morgan fingerprint density at radius 3 is 2.54 bits per heavy atom. The Bertz CT molecular complexity index is 869. The standard InChI is InChI=1S/C18H17F4N3O3/c1-10(2)16(26)25-15-8-11(5-6-23-15)17(27)24-9-12-7-13(3-4-14(12)19)28-18(20,21)22/h3-8,10H,9H2,1-2H3,(H,24,27)(H,23,25,26). The predicted molar refractivity (Wildman–Crippen MR) is 92.0 cm³/mol. The molecular formula is C18H17F4N3O3. The Hall–Kier alpha value is -3.17. The summed E-state index contributed by atoms with van der Waals surface area (Å²) in [5.41, 5.74) is -0.0466. The lowest BCUT2D eigenvalue weighted by molar-refractivity contribution is -0.274. The summed E-state index contributed by atoms with van der Waals surface area (Å²) in [7, 11) is 0. The van der Waals surface area contributed by atoms with Crippen LogP contribution in [0.3, 0.4) is 0 Å². The number of alkyl halides is 3. The number of halogens is 4. The molecule has 0 unspecified atom stereocenters. The van der Waals surface area contributed by atoms with Crippen LogP contribution in [-0.4, -0.2) is 23.2 Å². The van der Waals surface area contributed by atoms with Crippen molar-refractivity contribution in [3.05, 3.63) is 53.5 Å². The SMILES string of the molecule is CC(C)C(=O)Nc1cc(C(=O)NCc2cc(OC(F)(F)F)ccc2F)ccn1. The maximum Gasteiger partial charge on any atom is 0.573 e. The Morgan fingerprint density at radius 2 is 1.89 bits per heavy atom. The van der Waals surface area contributed by atoms with Crippen molar-refractivity contribution in [2.75, 3.05) is 5.32 Å². The summed E-state index contributed by atoms with van der Waals surface area (Å²) in [5.74, 6) is -2.42. The number of anilines is 1. The smallest absolute Gasteiger partial charge is 0.406 e. The molecular weight excluding hydrogens is 382 g/mol. The number of ether oxygens (including phenoxy) is 1. The number of benzene rings is 1. The quantitative estimate of drug-likeness (QED) is 0.727. The van der Waals surface area contributed by atoms with Gasteiger partial charge in [0.1, 0.15) is 17.4 Å². The van der Waals surface area contributed by atoms with Crippen molar-refractivity contribution >= 4 is 17.6 Å². The van der Waals surface area contributed by atoms with Crippen LogP contribution in [0.25, 0.3) is 0 Å². The largest absolute Gasteiger partial charge is 0.573 e. The first kappa shape index (κ1) is 21.1. The van der Waals surface area contributed by atoms with E-state index in [2.05, 4.69) is 20.4 Å². The van der Waals surface area contributed by atoms with Gasteiger partial charge in [-0.25, -0.2) is 9.37 Å². The van der Waals surface area contributed by atoms with Crippen LogP contribution in [0.5, 0.6) is 5.75 Å². The maximum absolute atomic E-state index is 13.8. The van der Waals surface area contributed by atoms with Crippen LogP contribution in [-0.2, 0) is 11.3 Å². The number of carbonyl (C=O) groups excluding carboxylic acids is 2. The number of aromatic nitrogens is 1. The van der Waals surface area contributed by atoms with Gasteiger partial charge in [0, 0.05) is 29.8 Å². The second-order valence-corrected chi connectivity index (χ2v) is 6.06. The third kappa shape index (κ3) is 6.22. The lowest BCUT2D eigenvalue weighted by Gasteiger charge is -2.12. The summed E-state index contributed by atoms with van der Waals surface area (Å²) >= 11 is 0. The zero-order chi connectivity index (χ0) is 20.9. The Kier molecular flexibility index (Phi) is 6.55. The summed E-state index contributed by atoms with van der Waals surface area (Å²) < 4.78 is 54.3. The molecule has 6 nitrogen and oxygen atoms in total. The fourth-order valence-electron chi connectivity index (χ4n) is 2.07. The van der Waals surface area contributed by atoms with Crippen molar-refractivity contribution < 1.29 is 31.9 Å². The first-order valence-electron chi connectivity index (χ1n) is 8.14. The van der Waals surface area contributed by atoms with Gasteiger partial charge < -0.3 is 15.4 Å². The number of hydrogen-bond donors (Lipinski definition) is 2. The molecule has 0 spiro atoms. The minimum Gasteiger partial charge on any atom is -0.406 e. The van der Waals surface area contributed by atoms with E-state index in [1.807, 2.05) is 0 Å². The average molecular weight is 399 g/mol. The van der Waals surface area contributed by atoms with E-state index in [9.17, 15) is 27.2 Å². The van der Waals surface area contributed by atoms with Crippen LogP contribution < -0.4 is 15.4 Å². The van der Waals surface area contributed by atoms with E-state index in [1.165, 1.54) is 18.3 Å². The zero-order valence-corrected chi connectivity index (χ0v) is 14.9. The highest BCUT2D eigenvalue weighted by Gasteiger charge is 2.31. The van der Waals surface area contributed by atoms with Gasteiger partial charge in [0.25, 0.3) is 5.91 Å². The molecule has 0 fully saturated rings. The number of carbonyl (C=O) groups is 2. The molecule has 1 heterocycles. The molecule has 0 bridgehead atoms. The van der Waals surface area contributed by atoms with Gasteiger partial charge in [0.15, 0.2) is 0 Å². The molecule has 2 N–H and O–H groups in total. The fourth-order valence-corrected chi connectivity index (χ4v) is 2.07. The summed E-state index contributed by atoms with van der Waals surface area (Å²) in [4.78, 5) is 27.8. The Balaban J connectivity index is 2.06. The molecule has 2 rings (SSSR count). The minimum absolute atomic E-state index is 0.136. The van der Waals surface area contributed by atoms with E-state index >= 15 is 0 Å². The van der Waals surface area contributed by atoms with E-state index < -0.39 is 23.8 Å². The lowest BCUT2D eigenvalue weighted by Crippen LogP contribution is -2.24. The topological polar surface area (TPSA) is 80.3 Å². The number of pyridine rings is 1. The van der Waals surface area contributed by atoms with Gasteiger partial charge in [-0.15, -0.1) is 13.2 Å². The van der Waals surface area contributed by atoms with E-state index in [0.717, 1.165) is 18.2 Å². The number of nitrogens with one attached hydrogen (secondary N) is 2. The molecule has 1 aromatic heterocycles. The summed E-state index contributed by atoms with van der Waals surface area (Å²) in [6.07, 6.45) is -3.60. The average Bonchev–Trinajstić information content (AvgIpc) is 2.60. The van der Waals surface area contributed by atoms with Crippen LogP contribution in [0, 0.1) is 11.7 Å². The molecule has 0 aliphatic carbocycles. The van der Waals surface area contributed by atoms with E-state index in [0.29, 0.717) is 0 Å². The maximum atomic E-state index is 13.8. The van der Waals surface area contributed by atoms with Gasteiger partial charge in [-0.3, -0.25) is 9.59 Å². The summed E-state index contributed by atoms with van der Waals surface area (Å²) in [6, 6.07) is 5.20. The minimum atomic E-state index is -4.91. The third-order valence-corrected chi connectivity index (χ3v) is 3.49. The van der Waals surface area contributed by atoms with Gasteiger partial charge in [0.05, 0.1) is 0 Å². The number of amides is 2. The molecule has 10 heteroatoms. The second-order valence-electron chi connectivity index (χ2n) is 6.06. The van der Waals surface area contributed by atoms with E-state index in [4.69, 9.17) is 0 Å². The Labute approximate surface area is 157 Å². The molecule has 1 aromatic carbocycles. The molecule has 0 saturated carbocycles. The summed E-state index contributed by atoms with van der Waals surface area (Å²) in [6.45, 7) is 3.02. The van der Waals surface area contributed by atoms with Crippen molar-refractivity contribution in [3.63, 3.8) is 0 Å². The number of hydrogen-bond acceptors (Lipinski definition) is 4. The van der Waals surface area contributed by atoms with Crippen molar-refractivity contribution in [2.24, 2.45) is 5.92 Å². The Morgan fingerprint density at radius 1 is 1.18 bits per heavy atom. The number of nitrogens with zero attached hydrogens (tertiary/aromatic N) is 1. The number of rotatable bonds is 6. The second kappa shape index (κ2) is 8.68. The van der Waals surface area contributed by atoms with Gasteiger partial charge in [0.2, 0.25) is 5.91 Å². The van der Waals surface area contributed by atoms with Crippen molar-refractivity contribution in [2.45, 2.75) is 26.8 Å². The molecule has 150 valence electrons. The van der Waals surface area contributed by atoms with Crippen molar-refractivity contribution in [3.8, 4) is 5.75 Å². The van der Waals surface area contributed by atoms with Crippen LogP contribution >= 0.6 is 0 Å². The van der Waals surface area contributed by atoms with Crippen LogP contribution in [0.15, 0.2) is 36.5 Å². The van der Waals surface area contributed by atoms with Gasteiger partial charge in [-0.05, 0) is 30.3 Å². The molecule has 28 heavy (non-hydrogen) atoms. The van der Waals surface area contributed by atoms with Gasteiger partial charge in [-0.2, -0.15) is 0 Å². The first-order valence-corrected chi connectivity index (χ1v) is 8.14. The van der Waals surface area contributed by atoms with Gasteiger partial charge in [-0.1, -0.05) is 13.8 Å². The lowest BCUT2D eigenvalue weighted by atomic mass is 10.2. The first-order chi connectivity index (χ1) is 13.0. The molecule has 0 radical (unpaired) electrons. The fraction of sp³-hybridized carbons (Fsp3) is 0.278. The highest BCUT2D eigenvalue weighted by molar-refractivity contribution is 5.96. The highest BCUT2D eigenvalue weighted by atomic mass is 19.4. The van der Waals surface area contributed by atoms with Gasteiger partial charge >= 0.3 is 6.36 Å². The molecule has 0 saturated heterocycles. The van der Waals surface area contributed by atoms with E-state index in [1.54, 1.807) is 13.8 Å². The normalized spacial score (nSPS) is 11.2. The summed E-state index contributed by atoms with van der Waals surface area (Å²) in [5, 5.41) is 4.93. The van der Waals surface area contributed by atoms with Crippen molar-refractivity contribution in [1.82, 2.24) is 10.3 Å². The van der Waals surface area contributed by atoms with Crippen LogP contribution in [0.4, 0.5) is 23.4 Å². The molecule has 0 aliphatic rings. The molecule has 0 aliphatic heterocycles. The van der Waals surface area contributed by atoms with E-state index in [-0.39, 0.29) is 35.3 Å². The monoisotopic (exact) mass is 399 g/mol. The molecule has 2 amide bonds.